The summed E-state index contributed by atoms with van der Waals surface area (Å²) in [4.78, 5) is 38.0. The van der Waals surface area contributed by atoms with Gasteiger partial charge in [0.25, 0.3) is 7.82 Å². The summed E-state index contributed by atoms with van der Waals surface area (Å²) in [6.45, 7) is 3.97. The Balaban J connectivity index is 4.24. The van der Waals surface area contributed by atoms with Crippen molar-refractivity contribution in [2.75, 3.05) is 47.5 Å². The Hall–Kier alpha value is -4.37. The van der Waals surface area contributed by atoms with E-state index in [1.54, 1.807) is 0 Å². The van der Waals surface area contributed by atoms with Crippen LogP contribution in [0, 0.1) is 0 Å². The number of quaternary nitrogens is 1. The first-order valence-corrected chi connectivity index (χ1v) is 32.7. The Morgan fingerprint density at radius 2 is 0.675 bits per heavy atom. The maximum Gasteiger partial charge on any atom is 0.306 e. The monoisotopic (exact) mass is 1130 g/mol. The summed E-state index contributed by atoms with van der Waals surface area (Å²) in [7, 11) is 1.13. The van der Waals surface area contributed by atoms with Gasteiger partial charge in [0.2, 0.25) is 0 Å². The Labute approximate surface area is 490 Å². The van der Waals surface area contributed by atoms with Crippen molar-refractivity contribution in [3.63, 3.8) is 0 Å². The van der Waals surface area contributed by atoms with Gasteiger partial charge in [0.1, 0.15) is 19.8 Å². The van der Waals surface area contributed by atoms with Crippen LogP contribution in [-0.4, -0.2) is 70.0 Å². The van der Waals surface area contributed by atoms with Crippen LogP contribution in [0.5, 0.6) is 0 Å². The highest BCUT2D eigenvalue weighted by Gasteiger charge is 2.22. The average molecular weight is 1130 g/mol. The Morgan fingerprint density at radius 1 is 0.388 bits per heavy atom. The molecule has 9 nitrogen and oxygen atoms in total. The highest BCUT2D eigenvalue weighted by atomic mass is 31.2. The number of likely N-dealkylation sites (N-methyl/N-ethyl adjacent to an activating group) is 1. The number of carbonyl (C=O) groups excluding carboxylic acids is 2. The molecule has 0 rings (SSSR count). The third-order valence-electron chi connectivity index (χ3n) is 12.5. The minimum absolute atomic E-state index is 0.0441. The van der Waals surface area contributed by atoms with Gasteiger partial charge < -0.3 is 27.9 Å². The molecule has 0 aromatic heterocycles. The van der Waals surface area contributed by atoms with Gasteiger partial charge in [-0.2, -0.15) is 0 Å². The van der Waals surface area contributed by atoms with Gasteiger partial charge in [0, 0.05) is 12.8 Å². The van der Waals surface area contributed by atoms with E-state index in [2.05, 4.69) is 172 Å². The molecular formula is C70H114NO8P. The molecule has 0 N–H and O–H groups in total. The lowest BCUT2D eigenvalue weighted by atomic mass is 10.1. The maximum absolute atomic E-state index is 12.8. The molecule has 0 saturated carbocycles. The number of phosphoric ester groups is 1. The second kappa shape index (κ2) is 59.3. The third-order valence-corrected chi connectivity index (χ3v) is 13.5. The van der Waals surface area contributed by atoms with E-state index in [-0.39, 0.29) is 26.1 Å². The van der Waals surface area contributed by atoms with Crippen LogP contribution >= 0.6 is 7.82 Å². The van der Waals surface area contributed by atoms with E-state index in [0.717, 1.165) is 141 Å². The maximum atomic E-state index is 12.8. The molecule has 0 saturated heterocycles. The van der Waals surface area contributed by atoms with Crippen molar-refractivity contribution < 1.29 is 42.1 Å². The van der Waals surface area contributed by atoms with Crippen molar-refractivity contribution in [2.45, 2.75) is 225 Å². The fourth-order valence-corrected chi connectivity index (χ4v) is 8.54. The normalized spacial score (nSPS) is 14.3. The standard InChI is InChI=1S/C70H114NO8P/c1-6-8-10-12-14-16-18-20-22-24-26-28-30-32-34-35-37-39-41-43-45-47-49-51-53-55-57-59-61-63-70(73)79-68(67-78-80(74,75)77-65-64-71(3,4)5)66-76-69(72)62-60-58-56-54-52-50-48-46-44-42-40-38-36-33-31-29-27-25-23-21-19-17-15-13-11-9-7-2/h8-11,14-17,20-23,26-29,32-34,36-37,39-40,42-43,45,68H,6-7,12-13,18-19,24-25,30-31,35,38,41,44,46-67H2,1-5H3/b10-8-,11-9-,16-14-,17-15-,22-20-,23-21-,28-26-,29-27-,34-32-,36-33-,39-37-,42-40-,45-43-. The fraction of sp³-hybridized carbons (Fsp3) is 0.600. The van der Waals surface area contributed by atoms with Crippen LogP contribution in [0.4, 0.5) is 0 Å². The van der Waals surface area contributed by atoms with E-state index in [9.17, 15) is 19.0 Å². The van der Waals surface area contributed by atoms with Crippen molar-refractivity contribution >= 4 is 19.8 Å². The molecule has 0 aliphatic carbocycles. The van der Waals surface area contributed by atoms with Crippen LogP contribution in [0.2, 0.25) is 0 Å². The number of ether oxygens (including phenoxy) is 2. The van der Waals surface area contributed by atoms with Gasteiger partial charge >= 0.3 is 11.9 Å². The summed E-state index contributed by atoms with van der Waals surface area (Å²) in [6, 6.07) is 0. The zero-order chi connectivity index (χ0) is 58.4. The molecule has 0 aliphatic heterocycles. The summed E-state index contributed by atoms with van der Waals surface area (Å²) in [5.41, 5.74) is 0. The molecular weight excluding hydrogens is 1010 g/mol. The molecule has 0 heterocycles. The van der Waals surface area contributed by atoms with E-state index < -0.39 is 32.5 Å². The fourth-order valence-electron chi connectivity index (χ4n) is 7.82. The first-order chi connectivity index (χ1) is 39.0. The number of hydrogen-bond acceptors (Lipinski definition) is 8. The molecule has 452 valence electrons. The minimum atomic E-state index is -4.66. The Kier molecular flexibility index (Phi) is 56.0. The van der Waals surface area contributed by atoms with Gasteiger partial charge in [0.15, 0.2) is 6.10 Å². The van der Waals surface area contributed by atoms with Crippen molar-refractivity contribution in [3.05, 3.63) is 158 Å². The second-order valence-electron chi connectivity index (χ2n) is 21.3. The smallest absolute Gasteiger partial charge is 0.306 e. The van der Waals surface area contributed by atoms with Crippen molar-refractivity contribution in [2.24, 2.45) is 0 Å². The predicted molar refractivity (Wildman–Crippen MR) is 341 cm³/mol. The van der Waals surface area contributed by atoms with Gasteiger partial charge in [-0.15, -0.1) is 0 Å². The first kappa shape index (κ1) is 75.6. The quantitative estimate of drug-likeness (QED) is 0.0195. The number of unbranched alkanes of at least 4 members (excludes halogenated alkanes) is 15. The summed E-state index contributed by atoms with van der Waals surface area (Å²) in [5, 5.41) is 0. The van der Waals surface area contributed by atoms with Crippen LogP contribution in [0.25, 0.3) is 0 Å². The third kappa shape index (κ3) is 62.8. The Bertz CT molecular complexity index is 1900. The van der Waals surface area contributed by atoms with E-state index in [1.807, 2.05) is 21.1 Å². The van der Waals surface area contributed by atoms with Gasteiger partial charge in [-0.1, -0.05) is 242 Å². The zero-order valence-corrected chi connectivity index (χ0v) is 52.1. The molecule has 0 amide bonds. The van der Waals surface area contributed by atoms with E-state index >= 15 is 0 Å². The molecule has 0 radical (unpaired) electrons. The van der Waals surface area contributed by atoms with Gasteiger partial charge in [0.05, 0.1) is 27.7 Å². The minimum Gasteiger partial charge on any atom is -0.756 e. The number of hydrogen-bond donors (Lipinski definition) is 0. The number of allylic oxidation sites excluding steroid dienone is 26. The predicted octanol–water partition coefficient (Wildman–Crippen LogP) is 19.4. The molecule has 2 unspecified atom stereocenters. The van der Waals surface area contributed by atoms with Crippen LogP contribution in [0.3, 0.4) is 0 Å². The lowest BCUT2D eigenvalue weighted by Gasteiger charge is -2.28. The first-order valence-electron chi connectivity index (χ1n) is 31.2. The molecule has 80 heavy (non-hydrogen) atoms. The molecule has 0 aliphatic rings. The van der Waals surface area contributed by atoms with Crippen LogP contribution in [-0.2, 0) is 32.7 Å². The number of phosphoric acid groups is 1. The van der Waals surface area contributed by atoms with E-state index in [1.165, 1.54) is 38.5 Å². The second-order valence-corrected chi connectivity index (χ2v) is 22.7. The summed E-state index contributed by atoms with van der Waals surface area (Å²) in [5.74, 6) is -0.868. The molecule has 2 atom stereocenters. The van der Waals surface area contributed by atoms with Crippen LogP contribution in [0.15, 0.2) is 158 Å². The molecule has 0 bridgehead atoms. The zero-order valence-electron chi connectivity index (χ0n) is 51.2. The number of rotatable bonds is 55. The van der Waals surface area contributed by atoms with E-state index in [0.29, 0.717) is 23.9 Å². The summed E-state index contributed by atoms with van der Waals surface area (Å²) < 4.78 is 34.2. The highest BCUT2D eigenvalue weighted by Crippen LogP contribution is 2.38. The van der Waals surface area contributed by atoms with Gasteiger partial charge in [-0.25, -0.2) is 0 Å². The molecule has 0 spiro atoms. The number of esters is 2. The molecule has 10 heteroatoms. The van der Waals surface area contributed by atoms with Gasteiger partial charge in [-0.3, -0.25) is 14.2 Å². The molecule has 0 aromatic rings. The van der Waals surface area contributed by atoms with Crippen molar-refractivity contribution in [1.82, 2.24) is 0 Å². The highest BCUT2D eigenvalue weighted by molar-refractivity contribution is 7.45. The van der Waals surface area contributed by atoms with Crippen molar-refractivity contribution in [1.29, 1.82) is 0 Å². The Morgan fingerprint density at radius 3 is 1.00 bits per heavy atom. The summed E-state index contributed by atoms with van der Waals surface area (Å²) in [6.07, 6.45) is 88.6. The lowest BCUT2D eigenvalue weighted by Crippen LogP contribution is -2.37. The SMILES string of the molecule is CC/C=C\C/C=C\C/C=C\C/C=C\C/C=C\C/C=C\C/C=C\CCCCCCCCCC(=O)OC(COC(=O)CCCCCCCCCC/C=C\C/C=C\C/C=C\C/C=C\C/C=C\C/C=C\CC)COP(=O)([O-])OCC[N+](C)(C)C. The number of nitrogens with zero attached hydrogens (tertiary/aromatic N) is 1. The molecule has 0 aromatic carbocycles. The average Bonchev–Trinajstić information content (AvgIpc) is 3.42. The molecule has 0 fully saturated rings. The van der Waals surface area contributed by atoms with E-state index in [4.69, 9.17) is 18.5 Å². The van der Waals surface area contributed by atoms with Gasteiger partial charge in [-0.05, 0) is 122 Å². The largest absolute Gasteiger partial charge is 0.756 e. The van der Waals surface area contributed by atoms with Crippen LogP contribution < -0.4 is 4.89 Å². The summed E-state index contributed by atoms with van der Waals surface area (Å²) >= 11 is 0. The topological polar surface area (TPSA) is 111 Å². The number of carbonyl (C=O) groups is 2. The lowest BCUT2D eigenvalue weighted by molar-refractivity contribution is -0.870. The van der Waals surface area contributed by atoms with Crippen molar-refractivity contribution in [3.8, 4) is 0 Å². The van der Waals surface area contributed by atoms with Crippen LogP contribution in [0.1, 0.15) is 219 Å².